The predicted octanol–water partition coefficient (Wildman–Crippen LogP) is 14.9. The standard InChI is InChI=1S/C23H27N3O2.C22H25N3O2.2C14H15N3O.C5H7N3.C5H9NO/c1-5-7-17(23(27)28-4)19-15(3)24-22-21(26-13-6-8-18(26)25-22)20(19)16-11-9-14(2)10-12-16;1-4-6-16(22(26)27)18-14(3)23-21-20(25-12-5-7-17(25)24-21)19(18)15-10-8-13(2)9-11-15;1-9-4-6-10(7-5-9)13(18)12-14(15)16-11-3-2-8-17(11)12;1-11-5-7-12(8-6-11)13(18)10-17-9-3-4-14(17)16-15-2;6-4-8-5-2-1-3-7-5;1-7-5-3-2-4-6-5/h9-12,17H,5-8,13H2,1-4H3;8-11,16H,4-7,12H2,1-3H3,(H,26,27);4-7H,2-3,8,15H2,1H3;5-8H,3-4,9-10H2,1H3;1-3H2,(H,7,8);2-4H2,1H3/b;;;16-14+;;. The van der Waals surface area contributed by atoms with Crippen LogP contribution in [0, 0.1) is 59.6 Å². The van der Waals surface area contributed by atoms with E-state index >= 15 is 0 Å². The van der Waals surface area contributed by atoms with Crippen LogP contribution in [0.2, 0.25) is 0 Å². The van der Waals surface area contributed by atoms with E-state index in [-0.39, 0.29) is 23.5 Å². The summed E-state index contributed by atoms with van der Waals surface area (Å²) in [6.07, 6.45) is 16.9. The Bertz CT molecular complexity index is 4820. The van der Waals surface area contributed by atoms with Crippen LogP contribution in [-0.4, -0.2) is 130 Å². The molecule has 6 aliphatic heterocycles. The molecule has 0 aliphatic carbocycles. The van der Waals surface area contributed by atoms with Gasteiger partial charge in [-0.2, -0.15) is 11.8 Å². The maximum Gasteiger partial charge on any atom is 0.313 e. The Morgan fingerprint density at radius 1 is 0.604 bits per heavy atom. The van der Waals surface area contributed by atoms with E-state index in [4.69, 9.17) is 47.0 Å². The summed E-state index contributed by atoms with van der Waals surface area (Å²) in [5.41, 5.74) is 23.8. The molecule has 1 fully saturated rings. The van der Waals surface area contributed by atoms with Gasteiger partial charge in [-0.05, 0) is 115 Å². The van der Waals surface area contributed by atoms with E-state index in [0.29, 0.717) is 30.0 Å². The van der Waals surface area contributed by atoms with Crippen LogP contribution in [-0.2, 0) is 58.0 Å². The van der Waals surface area contributed by atoms with Gasteiger partial charge in [-0.1, -0.05) is 146 Å². The fraction of sp³-hybridized carbons (Fsp3) is 0.422. The minimum absolute atomic E-state index is 0.0341. The zero-order valence-corrected chi connectivity index (χ0v) is 62.9. The third-order valence-corrected chi connectivity index (χ3v) is 19.9. The molecule has 0 saturated carbocycles. The predicted molar refractivity (Wildman–Crippen MR) is 415 cm³/mol. The highest BCUT2D eigenvalue weighted by molar-refractivity contribution is 6.11. The number of anilines is 1. The smallest absolute Gasteiger partial charge is 0.313 e. The monoisotopic (exact) mass is 1430 g/mol. The number of nitrogen functional groups attached to an aromatic ring is 1. The molecule has 6 aliphatic rings. The second-order valence-electron chi connectivity index (χ2n) is 27.6. The Labute approximate surface area is 621 Å². The first-order valence-electron chi connectivity index (χ1n) is 37.0. The number of aliphatic imine (C=N–C) groups is 2. The highest BCUT2D eigenvalue weighted by Gasteiger charge is 2.34. The van der Waals surface area contributed by atoms with Gasteiger partial charge in [-0.15, -0.1) is 4.95 Å². The van der Waals surface area contributed by atoms with E-state index in [1.54, 1.807) is 7.11 Å². The molecule has 15 rings (SSSR count). The first-order chi connectivity index (χ1) is 51.3. The van der Waals surface area contributed by atoms with Crippen molar-refractivity contribution in [2.24, 2.45) is 15.1 Å². The molecule has 2 unspecified atom stereocenters. The number of ketones is 2. The molecule has 1 saturated heterocycles. The molecule has 11 heterocycles. The zero-order chi connectivity index (χ0) is 75.6. The van der Waals surface area contributed by atoms with Gasteiger partial charge in [0.2, 0.25) is 5.78 Å². The van der Waals surface area contributed by atoms with Crippen LogP contribution in [0.3, 0.4) is 0 Å². The average Bonchev–Trinajstić information content (AvgIpc) is 1.54. The van der Waals surface area contributed by atoms with Gasteiger partial charge in [-0.3, -0.25) is 34.5 Å². The minimum atomic E-state index is -0.782. The number of likely N-dealkylation sites (tertiary alicyclic amines) is 1. The van der Waals surface area contributed by atoms with E-state index < -0.39 is 11.9 Å². The lowest BCUT2D eigenvalue weighted by Crippen LogP contribution is -2.30. The highest BCUT2D eigenvalue weighted by Crippen LogP contribution is 2.43. The Morgan fingerprint density at radius 2 is 1.08 bits per heavy atom. The second kappa shape index (κ2) is 36.5. The molecule has 4 N–H and O–H groups in total. The van der Waals surface area contributed by atoms with Gasteiger partial charge in [0, 0.05) is 111 Å². The number of nitrogens with two attached hydrogens (primary N) is 1. The molecule has 0 bridgehead atoms. The number of carboxylic acids is 1. The van der Waals surface area contributed by atoms with Crippen LogP contribution < -0.4 is 11.1 Å². The van der Waals surface area contributed by atoms with Gasteiger partial charge in [-0.25, -0.2) is 24.9 Å². The maximum absolute atomic E-state index is 12.7. The number of Topliss-reactive ketones (excluding diaryl/α,β-unsaturated/α-hetero) is 1. The number of nitrogens with one attached hydrogen (secondary N) is 1. The molecule has 23 nitrogen and oxygen atoms in total. The number of methoxy groups -OCH3 is 2. The molecule has 5 aromatic heterocycles. The molecule has 23 heteroatoms. The number of hydrogen-bond acceptors (Lipinski definition) is 17. The number of hydrogen-bond donors (Lipinski definition) is 3. The molecule has 106 heavy (non-hydrogen) atoms. The number of carboxylic acid groups (broad SMARTS) is 1. The number of nitriles is 1. The summed E-state index contributed by atoms with van der Waals surface area (Å²) in [5, 5.41) is 24.3. The SMILES string of the molecule is CCCC(C(=O)O)c1c(C)nc2nc3n(c2c1-c1ccc(C)cc1)CCC3.CCCC(C(=O)OC)c1c(C)nc2nc3n(c2c1-c1ccc(C)cc1)CCC3.COC1=NCCC1.Cc1ccc(C(=O)c2c(N)nc3n2CCC3)cc1.N#CNC1=NCCC1.[C-]#[N+]/N=C1\CCCN1CC(=O)c1ccc(C)cc1. The van der Waals surface area contributed by atoms with Crippen molar-refractivity contribution in [1.82, 2.24) is 48.8 Å². The molecule has 0 spiro atoms. The van der Waals surface area contributed by atoms with Crippen LogP contribution in [0.5, 0.6) is 0 Å². The number of esters is 1. The van der Waals surface area contributed by atoms with Gasteiger partial charge in [0.25, 0.3) is 0 Å². The summed E-state index contributed by atoms with van der Waals surface area (Å²) in [7, 11) is 3.14. The number of aryl methyl sites for hydroxylation is 11. The third-order valence-electron chi connectivity index (χ3n) is 19.9. The van der Waals surface area contributed by atoms with Crippen molar-refractivity contribution < 1.29 is 33.8 Å². The first-order valence-corrected chi connectivity index (χ1v) is 37.0. The van der Waals surface area contributed by atoms with Crippen molar-refractivity contribution in [1.29, 1.82) is 5.26 Å². The topological polar surface area (TPSA) is 293 Å². The van der Waals surface area contributed by atoms with Crippen molar-refractivity contribution in [3.63, 3.8) is 0 Å². The maximum atomic E-state index is 12.7. The van der Waals surface area contributed by atoms with E-state index in [1.807, 2.05) is 98.8 Å². The minimum Gasteiger partial charge on any atom is -0.484 e. The molecule has 2 atom stereocenters. The molecule has 9 aromatic rings. The fourth-order valence-corrected chi connectivity index (χ4v) is 14.6. The number of carbonyl (C=O) groups is 4. The Morgan fingerprint density at radius 3 is 1.53 bits per heavy atom. The number of carbonyl (C=O) groups excluding carboxylic acids is 3. The summed E-state index contributed by atoms with van der Waals surface area (Å²) in [4.78, 5) is 85.8. The molecular formula is C83H98N16O7. The number of benzene rings is 4. The molecule has 4 aromatic carbocycles. The summed E-state index contributed by atoms with van der Waals surface area (Å²) in [6.45, 7) is 28.6. The summed E-state index contributed by atoms with van der Waals surface area (Å²) in [5.74, 6) is 4.13. The highest BCUT2D eigenvalue weighted by atomic mass is 16.5. The van der Waals surface area contributed by atoms with Gasteiger partial charge in [0.05, 0.1) is 43.6 Å². The second-order valence-corrected chi connectivity index (χ2v) is 27.6. The van der Waals surface area contributed by atoms with E-state index in [0.717, 1.165) is 248 Å². The fourth-order valence-electron chi connectivity index (χ4n) is 14.6. The largest absolute Gasteiger partial charge is 0.484 e. The van der Waals surface area contributed by atoms with E-state index in [1.165, 1.54) is 24.7 Å². The van der Waals surface area contributed by atoms with Gasteiger partial charge in [0.1, 0.15) is 34.1 Å². The number of imidazole rings is 3. The average molecular weight is 1430 g/mol. The number of ether oxygens (including phenoxy) is 2. The summed E-state index contributed by atoms with van der Waals surface area (Å²) in [6, 6.07) is 32.0. The van der Waals surface area contributed by atoms with Crippen LogP contribution in [0.15, 0.2) is 112 Å². The number of amidine groups is 2. The van der Waals surface area contributed by atoms with E-state index in [9.17, 15) is 24.3 Å². The molecule has 0 radical (unpaired) electrons. The first kappa shape index (κ1) is 77.4. The summed E-state index contributed by atoms with van der Waals surface area (Å²) < 4.78 is 16.5. The zero-order valence-electron chi connectivity index (χ0n) is 62.9. The Balaban J connectivity index is 0.000000144. The van der Waals surface area contributed by atoms with Crippen molar-refractivity contribution in [3.05, 3.63) is 188 Å². The van der Waals surface area contributed by atoms with Crippen molar-refractivity contribution in [3.8, 4) is 28.4 Å². The third kappa shape index (κ3) is 18.3. The van der Waals surface area contributed by atoms with Crippen LogP contribution in [0.1, 0.15) is 198 Å². The van der Waals surface area contributed by atoms with Crippen LogP contribution in [0.25, 0.3) is 49.5 Å². The molecular weight excluding hydrogens is 1330 g/mol. The number of nitrogens with zero attached hydrogens (tertiary/aromatic N) is 14. The molecule has 552 valence electrons. The number of aromatic nitrogens is 8. The normalized spacial score (nSPS) is 15.2. The lowest BCUT2D eigenvalue weighted by atomic mass is 9.86. The van der Waals surface area contributed by atoms with E-state index in [2.05, 4.69) is 109 Å². The quantitative estimate of drug-likeness (QED) is 0.0215. The van der Waals surface area contributed by atoms with Crippen molar-refractivity contribution in [2.45, 2.75) is 190 Å². The van der Waals surface area contributed by atoms with Gasteiger partial charge in [0.15, 0.2) is 40.8 Å². The summed E-state index contributed by atoms with van der Waals surface area (Å²) >= 11 is 0. The number of aliphatic carboxylic acids is 1. The van der Waals surface area contributed by atoms with Gasteiger partial charge < -0.3 is 38.9 Å². The van der Waals surface area contributed by atoms with Crippen LogP contribution in [0.4, 0.5) is 5.82 Å². The van der Waals surface area contributed by atoms with Crippen molar-refractivity contribution in [2.75, 3.05) is 46.1 Å². The Hall–Kier alpha value is -11.2. The number of pyridine rings is 2. The van der Waals surface area contributed by atoms with Crippen LogP contribution >= 0.6 is 0 Å². The lowest BCUT2D eigenvalue weighted by molar-refractivity contribution is -0.142. The van der Waals surface area contributed by atoms with Gasteiger partial charge >= 0.3 is 11.9 Å². The molecule has 0 amide bonds. The lowest BCUT2D eigenvalue weighted by Gasteiger charge is -2.21. The van der Waals surface area contributed by atoms with Crippen molar-refractivity contribution >= 4 is 69.2 Å². The number of fused-ring (bicyclic) bond motifs is 7. The Kier molecular flexibility index (Phi) is 26.6. The number of rotatable bonds is 15.